The van der Waals surface area contributed by atoms with E-state index in [4.69, 9.17) is 32.7 Å². The Labute approximate surface area is 219 Å². The van der Waals surface area contributed by atoms with Gasteiger partial charge < -0.3 is 14.8 Å². The van der Waals surface area contributed by atoms with Crippen LogP contribution >= 0.6 is 23.2 Å². The van der Waals surface area contributed by atoms with Crippen molar-refractivity contribution in [2.24, 2.45) is 0 Å². The number of allylic oxidation sites excluding steroid dienone is 2. The van der Waals surface area contributed by atoms with E-state index in [1.54, 1.807) is 19.1 Å². The number of Topliss-reactive ketones (excluding diaryl/α,β-unsaturated/α-hetero) is 1. The Morgan fingerprint density at radius 1 is 0.972 bits per heavy atom. The van der Waals surface area contributed by atoms with Crippen molar-refractivity contribution >= 4 is 40.7 Å². The van der Waals surface area contributed by atoms with Crippen LogP contribution in [0.4, 0.5) is 0 Å². The smallest absolute Gasteiger partial charge is 0.336 e. The fourth-order valence-electron chi connectivity index (χ4n) is 4.69. The van der Waals surface area contributed by atoms with Gasteiger partial charge in [0.25, 0.3) is 0 Å². The summed E-state index contributed by atoms with van der Waals surface area (Å²) >= 11 is 12.1. The predicted octanol–water partition coefficient (Wildman–Crippen LogP) is 6.70. The molecule has 0 radical (unpaired) electrons. The minimum Gasteiger partial charge on any atom is -0.489 e. The van der Waals surface area contributed by atoms with Crippen LogP contribution in [0.25, 0.3) is 5.70 Å². The number of carbonyl (C=O) groups is 2. The van der Waals surface area contributed by atoms with Gasteiger partial charge in [-0.1, -0.05) is 65.7 Å². The molecule has 5 nitrogen and oxygen atoms in total. The molecular formula is C29H23Cl2NO4. The second kappa shape index (κ2) is 9.84. The van der Waals surface area contributed by atoms with E-state index in [0.29, 0.717) is 44.8 Å². The van der Waals surface area contributed by atoms with Gasteiger partial charge in [0.15, 0.2) is 5.78 Å². The molecule has 1 heterocycles. The highest BCUT2D eigenvalue weighted by molar-refractivity contribution is 6.42. The van der Waals surface area contributed by atoms with Crippen LogP contribution in [0.2, 0.25) is 10.0 Å². The lowest BCUT2D eigenvalue weighted by Gasteiger charge is -2.29. The van der Waals surface area contributed by atoms with Crippen LogP contribution in [0.5, 0.6) is 5.75 Å². The van der Waals surface area contributed by atoms with Gasteiger partial charge in [-0.3, -0.25) is 4.79 Å². The van der Waals surface area contributed by atoms with Crippen molar-refractivity contribution in [2.45, 2.75) is 26.4 Å². The number of rotatable bonds is 6. The van der Waals surface area contributed by atoms with E-state index >= 15 is 0 Å². The average Bonchev–Trinajstić information content (AvgIpc) is 3.16. The Hall–Kier alpha value is -3.54. The molecule has 0 bridgehead atoms. The summed E-state index contributed by atoms with van der Waals surface area (Å²) in [6.07, 6.45) is 0. The number of esters is 1. The Kier molecular flexibility index (Phi) is 6.61. The van der Waals surface area contributed by atoms with Crippen molar-refractivity contribution in [1.82, 2.24) is 5.32 Å². The van der Waals surface area contributed by atoms with Crippen LogP contribution in [-0.4, -0.2) is 18.4 Å². The molecule has 0 saturated carbocycles. The van der Waals surface area contributed by atoms with Gasteiger partial charge in [-0.15, -0.1) is 0 Å². The molecule has 3 aromatic carbocycles. The van der Waals surface area contributed by atoms with Gasteiger partial charge in [0.1, 0.15) is 12.4 Å². The van der Waals surface area contributed by atoms with Gasteiger partial charge in [-0.25, -0.2) is 4.79 Å². The van der Waals surface area contributed by atoms with Crippen LogP contribution < -0.4 is 10.1 Å². The summed E-state index contributed by atoms with van der Waals surface area (Å²) < 4.78 is 11.3. The second-order valence-corrected chi connectivity index (χ2v) is 9.40. The third kappa shape index (κ3) is 4.29. The summed E-state index contributed by atoms with van der Waals surface area (Å²) in [6, 6.07) is 20.3. The number of hydrogen-bond donors (Lipinski definition) is 1. The molecule has 0 spiro atoms. The predicted molar refractivity (Wildman–Crippen MR) is 140 cm³/mol. The number of hydrogen-bond acceptors (Lipinski definition) is 5. The number of halogens is 2. The Morgan fingerprint density at radius 3 is 2.39 bits per heavy atom. The lowest BCUT2D eigenvalue weighted by Crippen LogP contribution is -2.29. The lowest BCUT2D eigenvalue weighted by molar-refractivity contribution is -0.138. The third-order valence-corrected chi connectivity index (χ3v) is 7.09. The van der Waals surface area contributed by atoms with E-state index < -0.39 is 11.9 Å². The zero-order valence-electron chi connectivity index (χ0n) is 19.7. The number of fused-ring (bicyclic) bond motifs is 2. The second-order valence-electron chi connectivity index (χ2n) is 8.59. The van der Waals surface area contributed by atoms with Crippen LogP contribution in [-0.2, 0) is 16.1 Å². The maximum Gasteiger partial charge on any atom is 0.336 e. The summed E-state index contributed by atoms with van der Waals surface area (Å²) in [6.45, 7) is 4.16. The zero-order valence-corrected chi connectivity index (χ0v) is 21.2. The SMILES string of the molecule is CCOC(=O)C1=C(C)NC2=C(C(=O)c3ccccc32)[C@H]1c1ccc(OCc2ccc(Cl)c(Cl)c2)cc1. The minimum absolute atomic E-state index is 0.0904. The highest BCUT2D eigenvalue weighted by atomic mass is 35.5. The molecule has 7 heteroatoms. The third-order valence-electron chi connectivity index (χ3n) is 6.35. The molecule has 0 amide bonds. The molecule has 3 aromatic rings. The molecule has 1 N–H and O–H groups in total. The van der Waals surface area contributed by atoms with Crippen LogP contribution in [0, 0.1) is 0 Å². The lowest BCUT2D eigenvalue weighted by atomic mass is 9.80. The van der Waals surface area contributed by atoms with E-state index in [9.17, 15) is 9.59 Å². The van der Waals surface area contributed by atoms with Crippen molar-refractivity contribution in [2.75, 3.05) is 6.61 Å². The van der Waals surface area contributed by atoms with E-state index in [0.717, 1.165) is 22.4 Å². The van der Waals surface area contributed by atoms with E-state index in [2.05, 4.69) is 5.32 Å². The summed E-state index contributed by atoms with van der Waals surface area (Å²) in [7, 11) is 0. The summed E-state index contributed by atoms with van der Waals surface area (Å²) in [5.74, 6) is -0.452. The molecular weight excluding hydrogens is 497 g/mol. The Morgan fingerprint density at radius 2 is 1.69 bits per heavy atom. The highest BCUT2D eigenvalue weighted by Crippen LogP contribution is 2.46. The van der Waals surface area contributed by atoms with E-state index in [1.165, 1.54) is 0 Å². The number of benzene rings is 3. The summed E-state index contributed by atoms with van der Waals surface area (Å²) in [4.78, 5) is 26.5. The first-order valence-electron chi connectivity index (χ1n) is 11.6. The minimum atomic E-state index is -0.565. The monoisotopic (exact) mass is 519 g/mol. The van der Waals surface area contributed by atoms with Crippen LogP contribution in [0.1, 0.15) is 46.8 Å². The van der Waals surface area contributed by atoms with Crippen molar-refractivity contribution < 1.29 is 19.1 Å². The Bertz CT molecular complexity index is 1440. The first-order valence-corrected chi connectivity index (χ1v) is 12.3. The number of dihydropyridines is 1. The van der Waals surface area contributed by atoms with Crippen LogP contribution in [0.3, 0.4) is 0 Å². The van der Waals surface area contributed by atoms with Crippen molar-refractivity contribution in [3.05, 3.63) is 116 Å². The maximum atomic E-state index is 13.5. The molecule has 0 fully saturated rings. The molecule has 0 saturated heterocycles. The Balaban J connectivity index is 1.48. The molecule has 182 valence electrons. The first kappa shape index (κ1) is 24.2. The summed E-state index contributed by atoms with van der Waals surface area (Å²) in [5, 5.41) is 4.27. The number of carbonyl (C=O) groups excluding carboxylic acids is 2. The molecule has 36 heavy (non-hydrogen) atoms. The molecule has 1 aliphatic heterocycles. The molecule has 0 aromatic heterocycles. The number of nitrogens with one attached hydrogen (secondary N) is 1. The number of ether oxygens (including phenoxy) is 2. The van der Waals surface area contributed by atoms with Gasteiger partial charge in [0, 0.05) is 28.3 Å². The van der Waals surface area contributed by atoms with Crippen molar-refractivity contribution in [1.29, 1.82) is 0 Å². The largest absolute Gasteiger partial charge is 0.489 e. The topological polar surface area (TPSA) is 64.6 Å². The van der Waals surface area contributed by atoms with Crippen LogP contribution in [0.15, 0.2) is 83.6 Å². The fraction of sp³-hybridized carbons (Fsp3) is 0.172. The van der Waals surface area contributed by atoms with Gasteiger partial charge in [0.05, 0.1) is 27.9 Å². The fourth-order valence-corrected chi connectivity index (χ4v) is 5.02. The zero-order chi connectivity index (χ0) is 25.4. The molecule has 1 aliphatic carbocycles. The molecule has 1 atom stereocenters. The van der Waals surface area contributed by atoms with Gasteiger partial charge >= 0.3 is 5.97 Å². The molecule has 2 aliphatic rings. The van der Waals surface area contributed by atoms with E-state index in [-0.39, 0.29) is 12.4 Å². The molecule has 0 unspecified atom stereocenters. The number of ketones is 1. The molecule has 5 rings (SSSR count). The normalized spacial score (nSPS) is 16.4. The average molecular weight is 520 g/mol. The van der Waals surface area contributed by atoms with Crippen molar-refractivity contribution in [3.63, 3.8) is 0 Å². The summed E-state index contributed by atoms with van der Waals surface area (Å²) in [5.41, 5.74) is 5.54. The van der Waals surface area contributed by atoms with Gasteiger partial charge in [-0.05, 0) is 49.2 Å². The van der Waals surface area contributed by atoms with E-state index in [1.807, 2.05) is 61.5 Å². The van der Waals surface area contributed by atoms with Crippen molar-refractivity contribution in [3.8, 4) is 5.75 Å². The quantitative estimate of drug-likeness (QED) is 0.367. The van der Waals surface area contributed by atoms with Gasteiger partial charge in [-0.2, -0.15) is 0 Å². The first-order chi connectivity index (χ1) is 17.4. The van der Waals surface area contributed by atoms with Gasteiger partial charge in [0.2, 0.25) is 0 Å². The highest BCUT2D eigenvalue weighted by Gasteiger charge is 2.42. The standard InChI is InChI=1S/C29H23Cl2NO4/c1-3-35-29(34)24-16(2)32-27-20-6-4-5-7-21(20)28(33)26(27)25(24)18-9-11-19(12-10-18)36-15-17-8-13-22(30)23(31)14-17/h4-14,25,32H,3,15H2,1-2H3/t25-/m0/s1. The maximum absolute atomic E-state index is 13.5.